The summed E-state index contributed by atoms with van der Waals surface area (Å²) >= 11 is 19.6. The van der Waals surface area contributed by atoms with Crippen LogP contribution < -0.4 is 49.0 Å². The SMILES string of the molecule is NC(=O)c1nc(Cn2nc(-c3ccc(Cl)cc3)n(C[C@H]([Mg+])C(F)(F)F)c2=O)nn1-c1ccccc1C(F)(F)F.NC(=O)c1nc(Cn2nc(-c3ccc(Cl)cc3)n(C[C@H]([Mg+])C(F)(F)F)c2=O)nn1-c1ccccc1C(F)(F)F.NC(=O)c1nc(Cn2nc(-c3ccc(Cl)cc3)n(C[C@H]([Mg+])C(F)(F)F)c2=O)nn1-c1ccccc1C(F)(F)F.O=P([O-])([O-])[O-]. The Labute approximate surface area is 721 Å². The zero-order valence-electron chi connectivity index (χ0n) is 60.7. The minimum atomic E-state index is -5.39. The van der Waals surface area contributed by atoms with E-state index in [0.29, 0.717) is 94.2 Å². The number of primary amides is 3. The molecule has 0 saturated heterocycles. The topological polar surface area (TPSA) is 427 Å². The van der Waals surface area contributed by atoms with Crippen LogP contribution in [0.4, 0.5) is 79.0 Å². The van der Waals surface area contributed by atoms with Crippen LogP contribution in [0.3, 0.4) is 0 Å². The molecule has 3 atom stereocenters. The van der Waals surface area contributed by atoms with Gasteiger partial charge in [0.1, 0.15) is 0 Å². The summed E-state index contributed by atoms with van der Waals surface area (Å²) in [4.78, 5) is 113. The number of hydrogen-bond acceptors (Lipinski definition) is 19. The molecule has 0 spiro atoms. The zero-order chi connectivity index (χ0) is 90.6. The molecule has 6 heterocycles. The number of halogens is 21. The van der Waals surface area contributed by atoms with E-state index in [1.807, 2.05) is 0 Å². The molecule has 0 aliphatic rings. The fraction of sp³-hybridized carbons (Fsp3) is 0.227. The van der Waals surface area contributed by atoms with Crippen molar-refractivity contribution in [1.82, 2.24) is 87.3 Å². The molecule has 31 nitrogen and oxygen atoms in total. The number of amides is 3. The molecule has 3 amide bonds. The van der Waals surface area contributed by atoms with Crippen LogP contribution >= 0.6 is 42.6 Å². The number of aromatic nitrogens is 18. The Morgan fingerprint density at radius 1 is 0.369 bits per heavy atom. The van der Waals surface area contributed by atoms with Crippen molar-refractivity contribution in [2.45, 2.75) is 88.5 Å². The van der Waals surface area contributed by atoms with E-state index in [9.17, 15) is 108 Å². The monoisotopic (exact) mass is 1840 g/mol. The molecule has 6 N–H and O–H groups in total. The third-order valence-electron chi connectivity index (χ3n) is 16.5. The van der Waals surface area contributed by atoms with E-state index in [1.54, 1.807) is 0 Å². The van der Waals surface area contributed by atoms with Gasteiger partial charge in [-0.2, -0.15) is 47.3 Å². The smallest absolute Gasteiger partial charge is 0.822 e. The summed E-state index contributed by atoms with van der Waals surface area (Å²) in [5, 5.41) is 25.2. The number of rotatable bonds is 21. The number of alkyl halides is 18. The Balaban J connectivity index is 0.000000202. The van der Waals surface area contributed by atoms with Crippen molar-refractivity contribution < 1.29 is 113 Å². The fourth-order valence-electron chi connectivity index (χ4n) is 10.9. The maximum atomic E-state index is 13.6. The third kappa shape index (κ3) is 24.1. The van der Waals surface area contributed by atoms with Crippen LogP contribution in [0.2, 0.25) is 27.2 Å². The molecule has 632 valence electrons. The van der Waals surface area contributed by atoms with E-state index < -0.39 is 182 Å². The molecule has 0 saturated carbocycles. The normalized spacial score (nSPS) is 13.0. The van der Waals surface area contributed by atoms with Gasteiger partial charge < -0.3 is 19.2 Å². The van der Waals surface area contributed by atoms with Gasteiger partial charge in [0.2, 0.25) is 0 Å². The molecule has 0 radical (unpaired) electrons. The van der Waals surface area contributed by atoms with Gasteiger partial charge in [-0.05, 0) is 0 Å². The molecular weight excluding hydrogens is 1800 g/mol. The molecule has 12 aromatic rings. The van der Waals surface area contributed by atoms with E-state index >= 15 is 0 Å². The summed E-state index contributed by atoms with van der Waals surface area (Å²) in [6.07, 6.45) is -28.2. The van der Waals surface area contributed by atoms with Gasteiger partial charge >= 0.3 is 641 Å². The Kier molecular flexibility index (Phi) is 29.8. The fourth-order valence-corrected chi connectivity index (χ4v) is 12.0. The van der Waals surface area contributed by atoms with Crippen molar-refractivity contribution >= 4 is 125 Å². The molecule has 122 heavy (non-hydrogen) atoms. The van der Waals surface area contributed by atoms with Crippen molar-refractivity contribution in [1.29, 1.82) is 0 Å². The second-order valence-corrected chi connectivity index (χ2v) is 30.4. The number of carbonyl (C=O) groups excluding carboxylic acids is 3. The van der Waals surface area contributed by atoms with Crippen LogP contribution in [0.25, 0.3) is 51.2 Å². The average molecular weight is 1840 g/mol. The summed E-state index contributed by atoms with van der Waals surface area (Å²) in [6.45, 7) is -4.03. The Hall–Kier alpha value is -10.0. The molecule has 6 aromatic heterocycles. The average Bonchev–Trinajstić information content (AvgIpc) is 1.64. The second-order valence-electron chi connectivity index (χ2n) is 25.2. The standard InChI is InChI=1S/3C22H15ClF6N7O2.3Mg.H3O4P/c3*23-13-7-5-12(6-8-13)18-33-35(20(38)34(18)10-9-21(24,25)26)11-16-31-19(17(30)37)36(32-16)15-4-2-1-3-14(15)22(27,28)29;;;;1-5(2,3)4/h3*1-9H,10-11H2,(H2,30,37);;;;(H3,1,2,3,4)/q;;;3*+1;/p-3. The zero-order valence-corrected chi connectivity index (χ0v) is 68.1. The van der Waals surface area contributed by atoms with Gasteiger partial charge in [0.15, 0.2) is 0 Å². The van der Waals surface area contributed by atoms with Crippen LogP contribution in [-0.2, 0) is 62.4 Å². The quantitative estimate of drug-likeness (QED) is 0.0347. The number of para-hydroxylation sites is 3. The first kappa shape index (κ1) is 95.8. The number of phosphoric acid groups is 1. The van der Waals surface area contributed by atoms with Gasteiger partial charge in [0.25, 0.3) is 0 Å². The van der Waals surface area contributed by atoms with Gasteiger partial charge in [-0.1, -0.05) is 18.2 Å². The summed E-state index contributed by atoms with van der Waals surface area (Å²) in [6, 6.07) is 30.2. The number of benzene rings is 6. The van der Waals surface area contributed by atoms with E-state index in [-0.39, 0.29) is 51.6 Å². The summed E-state index contributed by atoms with van der Waals surface area (Å²) in [5.41, 5.74) is 8.87. The van der Waals surface area contributed by atoms with E-state index in [0.717, 1.165) is 82.3 Å². The predicted octanol–water partition coefficient (Wildman–Crippen LogP) is 8.07. The van der Waals surface area contributed by atoms with Gasteiger partial charge in [-0.15, -0.1) is 0 Å². The van der Waals surface area contributed by atoms with Crippen molar-refractivity contribution in [2.24, 2.45) is 17.2 Å². The van der Waals surface area contributed by atoms with Crippen molar-refractivity contribution in [3.05, 3.63) is 244 Å². The van der Waals surface area contributed by atoms with E-state index in [4.69, 9.17) is 71.2 Å². The minimum absolute atomic E-state index is 0.116. The molecule has 6 aromatic carbocycles. The molecule has 0 unspecified atom stereocenters. The first-order valence-corrected chi connectivity index (χ1v) is 38.5. The van der Waals surface area contributed by atoms with Crippen LogP contribution in [0, 0.1) is 0 Å². The van der Waals surface area contributed by atoms with Crippen LogP contribution in [0.5, 0.6) is 0 Å². The predicted molar refractivity (Wildman–Crippen MR) is 387 cm³/mol. The van der Waals surface area contributed by atoms with Gasteiger partial charge in [-0.25, -0.2) is 0 Å². The molecule has 56 heteroatoms. The van der Waals surface area contributed by atoms with Crippen LogP contribution in [0.15, 0.2) is 160 Å². The summed E-state index contributed by atoms with van der Waals surface area (Å²) < 4.78 is 251. The van der Waals surface area contributed by atoms with Crippen molar-refractivity contribution in [3.63, 3.8) is 0 Å². The molecular formula is C66H45Cl3F18Mg3N21O10P. The number of hydrogen-bond donors (Lipinski definition) is 3. The number of nitrogens with two attached hydrogens (primary N) is 3. The summed E-state index contributed by atoms with van der Waals surface area (Å²) in [7, 11) is -5.39. The number of nitrogens with zero attached hydrogens (tertiary/aromatic N) is 18. The maximum absolute atomic E-state index is 13.6. The Morgan fingerprint density at radius 2 is 0.574 bits per heavy atom. The van der Waals surface area contributed by atoms with Crippen LogP contribution in [-0.4, -0.2) is 189 Å². The van der Waals surface area contributed by atoms with Crippen molar-refractivity contribution in [3.8, 4) is 51.2 Å². The first-order valence-electron chi connectivity index (χ1n) is 33.5. The first-order chi connectivity index (χ1) is 56.5. The van der Waals surface area contributed by atoms with Gasteiger partial charge in [0, 0.05) is 0 Å². The minimum Gasteiger partial charge on any atom is -0.822 e. The van der Waals surface area contributed by atoms with Gasteiger partial charge in [0.05, 0.1) is 0 Å². The molecule has 0 fully saturated rings. The second kappa shape index (κ2) is 38.0. The van der Waals surface area contributed by atoms with E-state index in [2.05, 4.69) is 45.5 Å². The summed E-state index contributed by atoms with van der Waals surface area (Å²) in [5.74, 6) is -6.92. The Bertz CT molecular complexity index is 5490. The van der Waals surface area contributed by atoms with E-state index in [1.165, 1.54) is 91.0 Å². The number of carbonyl (C=O) groups is 3. The van der Waals surface area contributed by atoms with Crippen LogP contribution in [0.1, 0.15) is 66.0 Å². The molecule has 0 aliphatic heterocycles. The van der Waals surface area contributed by atoms with Crippen molar-refractivity contribution in [2.75, 3.05) is 0 Å². The Morgan fingerprint density at radius 3 is 0.762 bits per heavy atom. The third-order valence-corrected chi connectivity index (χ3v) is 19.4. The molecule has 0 aliphatic carbocycles. The molecule has 0 bridgehead atoms. The molecule has 12 rings (SSSR count). The van der Waals surface area contributed by atoms with Gasteiger partial charge in [-0.3, -0.25) is 0 Å².